The van der Waals surface area contributed by atoms with Gasteiger partial charge < -0.3 is 14.2 Å². The average molecular weight is 224 g/mol. The lowest BCUT2D eigenvalue weighted by molar-refractivity contribution is -0.0593. The Morgan fingerprint density at radius 1 is 1.44 bits per heavy atom. The van der Waals surface area contributed by atoms with E-state index in [1.807, 2.05) is 13.8 Å². The van der Waals surface area contributed by atoms with Gasteiger partial charge in [-0.25, -0.2) is 0 Å². The van der Waals surface area contributed by atoms with E-state index in [-0.39, 0.29) is 18.1 Å². The summed E-state index contributed by atoms with van der Waals surface area (Å²) in [7, 11) is 0. The average Bonchev–Trinajstić information content (AvgIpc) is 2.62. The van der Waals surface area contributed by atoms with Gasteiger partial charge in [0.25, 0.3) is 5.91 Å². The predicted molar refractivity (Wildman–Crippen MR) is 57.2 cm³/mol. The second-order valence-corrected chi connectivity index (χ2v) is 4.30. The molecular weight excluding hydrogens is 208 g/mol. The molecule has 1 aliphatic rings. The first kappa shape index (κ1) is 11.1. The van der Waals surface area contributed by atoms with Gasteiger partial charge in [0.2, 0.25) is 5.76 Å². The van der Waals surface area contributed by atoms with Gasteiger partial charge in [-0.2, -0.15) is 0 Å². The van der Waals surface area contributed by atoms with Gasteiger partial charge in [0.15, 0.2) is 0 Å². The highest BCUT2D eigenvalue weighted by Gasteiger charge is 2.28. The fourth-order valence-corrected chi connectivity index (χ4v) is 1.96. The van der Waals surface area contributed by atoms with Crippen molar-refractivity contribution in [2.75, 3.05) is 13.1 Å². The number of rotatable bonds is 1. The third kappa shape index (κ3) is 2.24. The van der Waals surface area contributed by atoms with Crippen molar-refractivity contribution in [2.24, 2.45) is 0 Å². The van der Waals surface area contributed by atoms with E-state index >= 15 is 0 Å². The minimum Gasteiger partial charge on any atom is -0.372 e. The molecule has 0 bridgehead atoms. The quantitative estimate of drug-likeness (QED) is 0.720. The number of ether oxygens (including phenoxy) is 1. The van der Waals surface area contributed by atoms with E-state index in [1.54, 1.807) is 17.9 Å². The summed E-state index contributed by atoms with van der Waals surface area (Å²) in [6.45, 7) is 6.92. The summed E-state index contributed by atoms with van der Waals surface area (Å²) in [6.07, 6.45) is 0.133. The van der Waals surface area contributed by atoms with E-state index in [4.69, 9.17) is 9.26 Å². The number of nitrogens with zero attached hydrogens (tertiary/aromatic N) is 2. The zero-order valence-corrected chi connectivity index (χ0v) is 9.77. The van der Waals surface area contributed by atoms with E-state index in [0.717, 1.165) is 5.69 Å². The maximum Gasteiger partial charge on any atom is 0.292 e. The summed E-state index contributed by atoms with van der Waals surface area (Å²) in [6, 6.07) is 1.66. The second-order valence-electron chi connectivity index (χ2n) is 4.30. The zero-order chi connectivity index (χ0) is 11.7. The molecule has 1 aromatic rings. The summed E-state index contributed by atoms with van der Waals surface area (Å²) < 4.78 is 10.5. The summed E-state index contributed by atoms with van der Waals surface area (Å²) in [5.41, 5.74) is 0.720. The minimum atomic E-state index is -0.109. The third-order valence-corrected chi connectivity index (χ3v) is 2.55. The van der Waals surface area contributed by atoms with Gasteiger partial charge in [-0.15, -0.1) is 0 Å². The van der Waals surface area contributed by atoms with Gasteiger partial charge >= 0.3 is 0 Å². The van der Waals surface area contributed by atoms with Crippen molar-refractivity contribution < 1.29 is 14.1 Å². The van der Waals surface area contributed by atoms with Crippen molar-refractivity contribution in [3.05, 3.63) is 17.5 Å². The molecule has 0 aliphatic carbocycles. The number of hydrogen-bond donors (Lipinski definition) is 0. The fraction of sp³-hybridized carbons (Fsp3) is 0.636. The molecule has 0 aromatic carbocycles. The second kappa shape index (κ2) is 4.25. The molecule has 0 radical (unpaired) electrons. The Hall–Kier alpha value is -1.36. The number of carbonyl (C=O) groups is 1. The molecule has 1 saturated heterocycles. The molecule has 2 heterocycles. The summed E-state index contributed by atoms with van der Waals surface area (Å²) in [5, 5.41) is 3.72. The van der Waals surface area contributed by atoms with Crippen LogP contribution in [-0.4, -0.2) is 41.3 Å². The standard InChI is InChI=1S/C11H16N2O3/c1-7-4-10(16-12-7)11(14)13-5-8(2)15-9(3)6-13/h4,8-9H,5-6H2,1-3H3/t8-,9+. The number of aryl methyl sites for hydroxylation is 1. The van der Waals surface area contributed by atoms with Crippen LogP contribution in [0.2, 0.25) is 0 Å². The molecule has 16 heavy (non-hydrogen) atoms. The van der Waals surface area contributed by atoms with Gasteiger partial charge in [-0.1, -0.05) is 5.16 Å². The first-order valence-corrected chi connectivity index (χ1v) is 5.44. The number of aromatic nitrogens is 1. The Labute approximate surface area is 94.3 Å². The van der Waals surface area contributed by atoms with Crippen LogP contribution in [0, 0.1) is 6.92 Å². The Morgan fingerprint density at radius 3 is 2.56 bits per heavy atom. The van der Waals surface area contributed by atoms with E-state index in [0.29, 0.717) is 18.8 Å². The van der Waals surface area contributed by atoms with E-state index in [9.17, 15) is 4.79 Å². The smallest absolute Gasteiger partial charge is 0.292 e. The van der Waals surface area contributed by atoms with Crippen molar-refractivity contribution in [2.45, 2.75) is 33.0 Å². The van der Waals surface area contributed by atoms with Crippen molar-refractivity contribution in [1.82, 2.24) is 10.1 Å². The number of morpholine rings is 1. The van der Waals surface area contributed by atoms with Crippen LogP contribution in [0.3, 0.4) is 0 Å². The van der Waals surface area contributed by atoms with Crippen LogP contribution in [0.25, 0.3) is 0 Å². The highest BCUT2D eigenvalue weighted by atomic mass is 16.5. The molecule has 2 atom stereocenters. The highest BCUT2D eigenvalue weighted by molar-refractivity contribution is 5.91. The molecule has 2 rings (SSSR count). The van der Waals surface area contributed by atoms with Crippen LogP contribution in [-0.2, 0) is 4.74 Å². The maximum absolute atomic E-state index is 12.0. The van der Waals surface area contributed by atoms with Crippen LogP contribution in [0.4, 0.5) is 0 Å². The van der Waals surface area contributed by atoms with Gasteiger partial charge in [0, 0.05) is 19.2 Å². The molecule has 5 heteroatoms. The summed E-state index contributed by atoms with van der Waals surface area (Å²) in [5.74, 6) is 0.196. The predicted octanol–water partition coefficient (Wildman–Crippen LogP) is 1.23. The first-order valence-electron chi connectivity index (χ1n) is 5.44. The molecule has 5 nitrogen and oxygen atoms in total. The van der Waals surface area contributed by atoms with Crippen LogP contribution >= 0.6 is 0 Å². The van der Waals surface area contributed by atoms with E-state index in [1.165, 1.54) is 0 Å². The fourth-order valence-electron chi connectivity index (χ4n) is 1.96. The molecule has 1 aromatic heterocycles. The third-order valence-electron chi connectivity index (χ3n) is 2.55. The Morgan fingerprint density at radius 2 is 2.06 bits per heavy atom. The van der Waals surface area contributed by atoms with Gasteiger partial charge in [0.05, 0.1) is 17.9 Å². The molecule has 88 valence electrons. The number of carbonyl (C=O) groups excluding carboxylic acids is 1. The molecule has 1 amide bonds. The lowest BCUT2D eigenvalue weighted by Gasteiger charge is -2.34. The normalized spacial score (nSPS) is 25.8. The van der Waals surface area contributed by atoms with Crippen LogP contribution in [0.15, 0.2) is 10.6 Å². The largest absolute Gasteiger partial charge is 0.372 e. The number of amides is 1. The monoisotopic (exact) mass is 224 g/mol. The van der Waals surface area contributed by atoms with Gasteiger partial charge in [-0.3, -0.25) is 4.79 Å². The van der Waals surface area contributed by atoms with Crippen molar-refractivity contribution in [1.29, 1.82) is 0 Å². The minimum absolute atomic E-state index is 0.0664. The van der Waals surface area contributed by atoms with Crippen molar-refractivity contribution >= 4 is 5.91 Å². The highest BCUT2D eigenvalue weighted by Crippen LogP contribution is 2.14. The first-order chi connectivity index (χ1) is 7.56. The molecule has 1 aliphatic heterocycles. The molecular formula is C11H16N2O3. The van der Waals surface area contributed by atoms with Crippen molar-refractivity contribution in [3.63, 3.8) is 0 Å². The lowest BCUT2D eigenvalue weighted by atomic mass is 10.2. The zero-order valence-electron chi connectivity index (χ0n) is 9.77. The maximum atomic E-state index is 12.0. The van der Waals surface area contributed by atoms with Gasteiger partial charge in [-0.05, 0) is 20.8 Å². The molecule has 0 saturated carbocycles. The van der Waals surface area contributed by atoms with Crippen LogP contribution < -0.4 is 0 Å². The Balaban J connectivity index is 2.09. The molecule has 0 N–H and O–H groups in total. The Bertz CT molecular complexity index is 378. The summed E-state index contributed by atoms with van der Waals surface area (Å²) in [4.78, 5) is 13.8. The molecule has 1 fully saturated rings. The van der Waals surface area contributed by atoms with Gasteiger partial charge in [0.1, 0.15) is 0 Å². The Kier molecular flexibility index (Phi) is 2.96. The lowest BCUT2D eigenvalue weighted by Crippen LogP contribution is -2.48. The van der Waals surface area contributed by atoms with E-state index in [2.05, 4.69) is 5.16 Å². The summed E-state index contributed by atoms with van der Waals surface area (Å²) >= 11 is 0. The molecule has 0 spiro atoms. The topological polar surface area (TPSA) is 55.6 Å². The van der Waals surface area contributed by atoms with Crippen LogP contribution in [0.1, 0.15) is 30.1 Å². The number of hydrogen-bond acceptors (Lipinski definition) is 4. The van der Waals surface area contributed by atoms with E-state index < -0.39 is 0 Å². The van der Waals surface area contributed by atoms with Crippen molar-refractivity contribution in [3.8, 4) is 0 Å². The SMILES string of the molecule is Cc1cc(C(=O)N2C[C@@H](C)O[C@@H](C)C2)on1. The van der Waals surface area contributed by atoms with Crippen LogP contribution in [0.5, 0.6) is 0 Å². The molecule has 0 unspecified atom stereocenters.